The average Bonchev–Trinajstić information content (AvgIpc) is 2.94. The molecule has 0 bridgehead atoms. The Bertz CT molecular complexity index is 488. The number of hydrogen-bond donors (Lipinski definition) is 1. The minimum absolute atomic E-state index is 0.768. The molecular formula is C18H26ClNO. The Morgan fingerprint density at radius 1 is 1.24 bits per heavy atom. The van der Waals surface area contributed by atoms with Crippen molar-refractivity contribution >= 4 is 11.6 Å². The highest BCUT2D eigenvalue weighted by Crippen LogP contribution is 2.38. The van der Waals surface area contributed by atoms with Gasteiger partial charge in [-0.05, 0) is 67.4 Å². The van der Waals surface area contributed by atoms with Crippen LogP contribution in [0.1, 0.15) is 43.7 Å². The van der Waals surface area contributed by atoms with Crippen LogP contribution in [0.5, 0.6) is 5.75 Å². The maximum atomic E-state index is 6.30. The van der Waals surface area contributed by atoms with Crippen molar-refractivity contribution in [3.05, 3.63) is 28.3 Å². The summed E-state index contributed by atoms with van der Waals surface area (Å²) in [6.07, 6.45) is 7.60. The lowest BCUT2D eigenvalue weighted by Gasteiger charge is -2.32. The van der Waals surface area contributed by atoms with E-state index in [1.165, 1.54) is 36.8 Å². The minimum atomic E-state index is 0.768. The zero-order chi connectivity index (χ0) is 14.7. The quantitative estimate of drug-likeness (QED) is 0.879. The highest BCUT2D eigenvalue weighted by atomic mass is 35.5. The van der Waals surface area contributed by atoms with Gasteiger partial charge in [0.2, 0.25) is 0 Å². The van der Waals surface area contributed by atoms with E-state index in [0.717, 1.165) is 55.1 Å². The van der Waals surface area contributed by atoms with E-state index in [0.29, 0.717) is 0 Å². The third kappa shape index (κ3) is 3.54. The monoisotopic (exact) mass is 307 g/mol. The molecule has 1 aliphatic heterocycles. The molecule has 0 spiro atoms. The van der Waals surface area contributed by atoms with Gasteiger partial charge in [0.15, 0.2) is 0 Å². The molecule has 2 atom stereocenters. The number of nitrogens with one attached hydrogen (secondary N) is 1. The maximum Gasteiger partial charge on any atom is 0.125 e. The molecule has 3 heteroatoms. The molecule has 0 saturated heterocycles. The third-order valence-electron chi connectivity index (χ3n) is 5.03. The number of benzene rings is 1. The first-order valence-corrected chi connectivity index (χ1v) is 8.80. The Kier molecular flexibility index (Phi) is 5.07. The summed E-state index contributed by atoms with van der Waals surface area (Å²) >= 11 is 6.30. The molecule has 1 N–H and O–H groups in total. The molecule has 2 nitrogen and oxygen atoms in total. The molecule has 21 heavy (non-hydrogen) atoms. The summed E-state index contributed by atoms with van der Waals surface area (Å²) in [5.74, 6) is 2.70. The van der Waals surface area contributed by atoms with Crippen LogP contribution in [0.3, 0.4) is 0 Å². The summed E-state index contributed by atoms with van der Waals surface area (Å²) in [6.45, 7) is 5.23. The van der Waals surface area contributed by atoms with Crippen LogP contribution in [-0.2, 0) is 12.8 Å². The van der Waals surface area contributed by atoms with E-state index in [1.54, 1.807) is 0 Å². The third-order valence-corrected chi connectivity index (χ3v) is 5.25. The smallest absolute Gasteiger partial charge is 0.125 e. The number of halogens is 1. The molecule has 3 rings (SSSR count). The molecule has 0 radical (unpaired) electrons. The second-order valence-electron chi connectivity index (χ2n) is 6.47. The summed E-state index contributed by atoms with van der Waals surface area (Å²) in [5.41, 5.74) is 2.64. The predicted octanol–water partition coefficient (Wildman–Crippen LogP) is 4.23. The molecule has 116 valence electrons. The minimum Gasteiger partial charge on any atom is -0.493 e. The summed E-state index contributed by atoms with van der Waals surface area (Å²) in [5, 5.41) is 4.41. The topological polar surface area (TPSA) is 21.3 Å². The van der Waals surface area contributed by atoms with Gasteiger partial charge in [0.25, 0.3) is 0 Å². The van der Waals surface area contributed by atoms with E-state index in [9.17, 15) is 0 Å². The van der Waals surface area contributed by atoms with Crippen molar-refractivity contribution in [1.82, 2.24) is 5.32 Å². The Morgan fingerprint density at radius 3 is 2.86 bits per heavy atom. The van der Waals surface area contributed by atoms with Crippen molar-refractivity contribution in [3.63, 3.8) is 0 Å². The number of hydrogen-bond acceptors (Lipinski definition) is 2. The lowest BCUT2D eigenvalue weighted by Crippen LogP contribution is -2.31. The van der Waals surface area contributed by atoms with Gasteiger partial charge in [-0.15, -0.1) is 0 Å². The van der Waals surface area contributed by atoms with Gasteiger partial charge in [0.1, 0.15) is 5.75 Å². The highest BCUT2D eigenvalue weighted by molar-refractivity contribution is 6.30. The normalized spacial score (nSPS) is 24.7. The van der Waals surface area contributed by atoms with Crippen LogP contribution in [0.4, 0.5) is 0 Å². The second kappa shape index (κ2) is 7.02. The van der Waals surface area contributed by atoms with E-state index < -0.39 is 0 Å². The van der Waals surface area contributed by atoms with Crippen LogP contribution >= 0.6 is 11.6 Å². The van der Waals surface area contributed by atoms with Gasteiger partial charge in [-0.2, -0.15) is 0 Å². The van der Waals surface area contributed by atoms with Crippen LogP contribution in [0.2, 0.25) is 5.02 Å². The number of fused-ring (bicyclic) bond motifs is 1. The van der Waals surface area contributed by atoms with Crippen molar-refractivity contribution < 1.29 is 4.74 Å². The fraction of sp³-hybridized carbons (Fsp3) is 0.667. The van der Waals surface area contributed by atoms with Crippen molar-refractivity contribution in [2.24, 2.45) is 11.8 Å². The van der Waals surface area contributed by atoms with Gasteiger partial charge >= 0.3 is 0 Å². The molecule has 1 heterocycles. The van der Waals surface area contributed by atoms with Crippen molar-refractivity contribution in [2.75, 3.05) is 19.7 Å². The van der Waals surface area contributed by atoms with Gasteiger partial charge < -0.3 is 10.1 Å². The largest absolute Gasteiger partial charge is 0.493 e. The van der Waals surface area contributed by atoms with Crippen molar-refractivity contribution in [1.29, 1.82) is 0 Å². The molecule has 1 aromatic carbocycles. The number of ether oxygens (including phenoxy) is 1. The zero-order valence-electron chi connectivity index (χ0n) is 13.0. The summed E-state index contributed by atoms with van der Waals surface area (Å²) in [4.78, 5) is 0. The van der Waals surface area contributed by atoms with Gasteiger partial charge in [-0.3, -0.25) is 0 Å². The highest BCUT2D eigenvalue weighted by Gasteiger charge is 2.27. The Hall–Kier alpha value is -0.730. The van der Waals surface area contributed by atoms with Gasteiger partial charge in [-0.25, -0.2) is 0 Å². The molecule has 1 saturated carbocycles. The summed E-state index contributed by atoms with van der Waals surface area (Å²) in [7, 11) is 0. The summed E-state index contributed by atoms with van der Waals surface area (Å²) < 4.78 is 5.87. The van der Waals surface area contributed by atoms with Gasteiger partial charge in [0, 0.05) is 11.4 Å². The molecule has 1 fully saturated rings. The van der Waals surface area contributed by atoms with Crippen LogP contribution in [0.25, 0.3) is 0 Å². The standard InChI is InChI=1S/C18H26ClNO/c1-2-20-12-15-6-4-3-5-13(15)9-16-11-17(19)10-14-7-8-21-18(14)16/h10-11,13,15,20H,2-9,12H2,1H3. The van der Waals surface area contributed by atoms with E-state index in [-0.39, 0.29) is 0 Å². The Labute approximate surface area is 133 Å². The molecule has 0 aromatic heterocycles. The van der Waals surface area contributed by atoms with E-state index in [1.807, 2.05) is 0 Å². The van der Waals surface area contributed by atoms with Crippen molar-refractivity contribution in [2.45, 2.75) is 45.4 Å². The summed E-state index contributed by atoms with van der Waals surface area (Å²) in [6, 6.07) is 4.20. The van der Waals surface area contributed by atoms with E-state index >= 15 is 0 Å². The van der Waals surface area contributed by atoms with Crippen LogP contribution in [0, 0.1) is 11.8 Å². The fourth-order valence-electron chi connectivity index (χ4n) is 3.93. The Balaban J connectivity index is 1.75. The lowest BCUT2D eigenvalue weighted by molar-refractivity contribution is 0.227. The first-order chi connectivity index (χ1) is 10.3. The fourth-order valence-corrected chi connectivity index (χ4v) is 4.20. The van der Waals surface area contributed by atoms with E-state index in [4.69, 9.17) is 16.3 Å². The van der Waals surface area contributed by atoms with E-state index in [2.05, 4.69) is 24.4 Å². The zero-order valence-corrected chi connectivity index (χ0v) is 13.7. The molecule has 1 aliphatic carbocycles. The first kappa shape index (κ1) is 15.2. The average molecular weight is 308 g/mol. The molecule has 0 amide bonds. The SMILES string of the molecule is CCNCC1CCCCC1Cc1cc(Cl)cc2c1OCC2. The lowest BCUT2D eigenvalue weighted by atomic mass is 9.76. The second-order valence-corrected chi connectivity index (χ2v) is 6.90. The molecule has 2 aliphatic rings. The Morgan fingerprint density at radius 2 is 2.05 bits per heavy atom. The van der Waals surface area contributed by atoms with Gasteiger partial charge in [-0.1, -0.05) is 31.4 Å². The first-order valence-electron chi connectivity index (χ1n) is 8.42. The molecule has 2 unspecified atom stereocenters. The van der Waals surface area contributed by atoms with Gasteiger partial charge in [0.05, 0.1) is 6.61 Å². The molecule has 1 aromatic rings. The predicted molar refractivity (Wildman–Crippen MR) is 88.3 cm³/mol. The van der Waals surface area contributed by atoms with Crippen molar-refractivity contribution in [3.8, 4) is 5.75 Å². The maximum absolute atomic E-state index is 6.30. The molecular weight excluding hydrogens is 282 g/mol. The van der Waals surface area contributed by atoms with Crippen LogP contribution in [-0.4, -0.2) is 19.7 Å². The van der Waals surface area contributed by atoms with Crippen LogP contribution in [0.15, 0.2) is 12.1 Å². The number of rotatable bonds is 5. The van der Waals surface area contributed by atoms with Crippen LogP contribution < -0.4 is 10.1 Å².